The summed E-state index contributed by atoms with van der Waals surface area (Å²) in [6.07, 6.45) is -1.29. The van der Waals surface area contributed by atoms with Gasteiger partial charge in [-0.3, -0.25) is 0 Å². The summed E-state index contributed by atoms with van der Waals surface area (Å²) in [5.41, 5.74) is 1.57. The molecule has 1 aliphatic rings. The van der Waals surface area contributed by atoms with Crippen molar-refractivity contribution in [3.05, 3.63) is 86.6 Å². The molecule has 0 saturated heterocycles. The highest BCUT2D eigenvalue weighted by Gasteiger charge is 2.28. The maximum absolute atomic E-state index is 12.8. The van der Waals surface area contributed by atoms with Crippen LogP contribution in [-0.2, 0) is 0 Å². The standard InChI is InChI=1S/C22H14O6/c1-11-6-7-18-14(8-11)13(10-19(23)26-18)15-9-16-20(28-21(15)24)12-4-2-3-5-17(12)27-22(16)25/h2-10,22,25H,1H3. The Hall–Kier alpha value is -3.64. The molecular formula is C22H14O6. The van der Waals surface area contributed by atoms with E-state index in [9.17, 15) is 14.7 Å². The van der Waals surface area contributed by atoms with Crippen molar-refractivity contribution in [3.8, 4) is 28.2 Å². The lowest BCUT2D eigenvalue weighted by Crippen LogP contribution is -2.17. The first-order chi connectivity index (χ1) is 13.5. The normalized spacial score (nSPS) is 15.0. The summed E-state index contributed by atoms with van der Waals surface area (Å²) < 4.78 is 16.3. The molecule has 6 heteroatoms. The summed E-state index contributed by atoms with van der Waals surface area (Å²) >= 11 is 0. The fourth-order valence-corrected chi connectivity index (χ4v) is 3.51. The van der Waals surface area contributed by atoms with E-state index >= 15 is 0 Å². The largest absolute Gasteiger partial charge is 0.460 e. The minimum atomic E-state index is -1.29. The van der Waals surface area contributed by atoms with Crippen molar-refractivity contribution in [2.75, 3.05) is 0 Å². The maximum atomic E-state index is 12.8. The Bertz CT molecular complexity index is 1360. The second kappa shape index (κ2) is 5.94. The molecule has 1 atom stereocenters. The summed E-state index contributed by atoms with van der Waals surface area (Å²) in [4.78, 5) is 24.8. The van der Waals surface area contributed by atoms with E-state index in [-0.39, 0.29) is 11.3 Å². The van der Waals surface area contributed by atoms with Gasteiger partial charge >= 0.3 is 11.3 Å². The highest BCUT2D eigenvalue weighted by atomic mass is 16.6. The van der Waals surface area contributed by atoms with Crippen LogP contribution in [0.5, 0.6) is 5.75 Å². The van der Waals surface area contributed by atoms with E-state index in [2.05, 4.69) is 0 Å². The number of fused-ring (bicyclic) bond motifs is 4. The molecule has 0 aliphatic carbocycles. The van der Waals surface area contributed by atoms with E-state index in [0.29, 0.717) is 33.4 Å². The van der Waals surface area contributed by atoms with Gasteiger partial charge in [-0.05, 0) is 37.3 Å². The lowest BCUT2D eigenvalue weighted by Gasteiger charge is -2.24. The first-order valence-electron chi connectivity index (χ1n) is 8.68. The van der Waals surface area contributed by atoms with E-state index < -0.39 is 17.5 Å². The van der Waals surface area contributed by atoms with Gasteiger partial charge in [0.1, 0.15) is 11.3 Å². The molecule has 1 unspecified atom stereocenters. The molecule has 4 aromatic rings. The third kappa shape index (κ3) is 2.46. The molecule has 0 radical (unpaired) electrons. The van der Waals surface area contributed by atoms with E-state index in [1.54, 1.807) is 30.3 Å². The van der Waals surface area contributed by atoms with Crippen LogP contribution in [0.4, 0.5) is 0 Å². The van der Waals surface area contributed by atoms with Crippen LogP contribution in [-0.4, -0.2) is 5.11 Å². The molecule has 28 heavy (non-hydrogen) atoms. The number of aryl methyl sites for hydroxylation is 1. The lowest BCUT2D eigenvalue weighted by molar-refractivity contribution is -0.0231. The average Bonchev–Trinajstić information content (AvgIpc) is 2.67. The molecular weight excluding hydrogens is 360 g/mol. The van der Waals surface area contributed by atoms with Crippen LogP contribution in [0.25, 0.3) is 33.4 Å². The summed E-state index contributed by atoms with van der Waals surface area (Å²) in [6, 6.07) is 15.1. The summed E-state index contributed by atoms with van der Waals surface area (Å²) in [5.74, 6) is 0.686. The third-order valence-corrected chi connectivity index (χ3v) is 4.80. The maximum Gasteiger partial charge on any atom is 0.344 e. The van der Waals surface area contributed by atoms with E-state index in [1.807, 2.05) is 19.1 Å². The molecule has 0 bridgehead atoms. The lowest BCUT2D eigenvalue weighted by atomic mass is 9.97. The number of hydrogen-bond donors (Lipinski definition) is 1. The molecule has 0 saturated carbocycles. The smallest absolute Gasteiger partial charge is 0.344 e. The summed E-state index contributed by atoms with van der Waals surface area (Å²) in [5, 5.41) is 11.0. The van der Waals surface area contributed by atoms with E-state index in [4.69, 9.17) is 13.6 Å². The Balaban J connectivity index is 1.82. The minimum Gasteiger partial charge on any atom is -0.460 e. The first kappa shape index (κ1) is 16.5. The molecule has 2 aromatic carbocycles. The average molecular weight is 374 g/mol. The van der Waals surface area contributed by atoms with Crippen LogP contribution in [0.1, 0.15) is 17.4 Å². The number of rotatable bonds is 1. The Kier molecular flexibility index (Phi) is 3.50. The van der Waals surface area contributed by atoms with Crippen LogP contribution in [0, 0.1) is 6.92 Å². The van der Waals surface area contributed by atoms with Crippen LogP contribution < -0.4 is 16.0 Å². The van der Waals surface area contributed by atoms with Crippen molar-refractivity contribution in [3.63, 3.8) is 0 Å². The van der Waals surface area contributed by atoms with Crippen molar-refractivity contribution in [2.24, 2.45) is 0 Å². The minimum absolute atomic E-state index is 0.157. The zero-order valence-corrected chi connectivity index (χ0v) is 14.8. The third-order valence-electron chi connectivity index (χ3n) is 4.80. The first-order valence-corrected chi connectivity index (χ1v) is 8.68. The van der Waals surface area contributed by atoms with Gasteiger partial charge in [0.25, 0.3) is 0 Å². The van der Waals surface area contributed by atoms with Gasteiger partial charge in [-0.15, -0.1) is 0 Å². The zero-order chi connectivity index (χ0) is 19.4. The molecule has 1 aliphatic heterocycles. The monoisotopic (exact) mass is 374 g/mol. The van der Waals surface area contributed by atoms with Gasteiger partial charge in [-0.1, -0.05) is 23.8 Å². The molecule has 3 heterocycles. The summed E-state index contributed by atoms with van der Waals surface area (Å²) in [7, 11) is 0. The van der Waals surface area contributed by atoms with Crippen molar-refractivity contribution >= 4 is 11.0 Å². The molecule has 138 valence electrons. The Morgan fingerprint density at radius 3 is 2.57 bits per heavy atom. The van der Waals surface area contributed by atoms with Crippen LogP contribution in [0.15, 0.2) is 73.0 Å². The highest BCUT2D eigenvalue weighted by Crippen LogP contribution is 2.42. The second-order valence-corrected chi connectivity index (χ2v) is 6.68. The van der Waals surface area contributed by atoms with Gasteiger partial charge in [0, 0.05) is 17.0 Å². The molecule has 0 spiro atoms. The molecule has 1 N–H and O–H groups in total. The molecule has 6 nitrogen and oxygen atoms in total. The highest BCUT2D eigenvalue weighted by molar-refractivity contribution is 5.93. The number of ether oxygens (including phenoxy) is 1. The molecule has 0 amide bonds. The molecule has 2 aromatic heterocycles. The van der Waals surface area contributed by atoms with E-state index in [0.717, 1.165) is 5.56 Å². The van der Waals surface area contributed by atoms with Gasteiger partial charge < -0.3 is 18.7 Å². The Morgan fingerprint density at radius 2 is 1.71 bits per heavy atom. The summed E-state index contributed by atoms with van der Waals surface area (Å²) in [6.45, 7) is 1.90. The fourth-order valence-electron chi connectivity index (χ4n) is 3.51. The van der Waals surface area contributed by atoms with Crippen molar-refractivity contribution in [1.82, 2.24) is 0 Å². The number of aliphatic hydroxyl groups excluding tert-OH is 1. The number of aliphatic hydroxyl groups is 1. The predicted octanol–water partition coefficient (Wildman–Crippen LogP) is 3.77. The second-order valence-electron chi connectivity index (χ2n) is 6.68. The van der Waals surface area contributed by atoms with Crippen LogP contribution in [0.3, 0.4) is 0 Å². The van der Waals surface area contributed by atoms with Gasteiger partial charge in [-0.25, -0.2) is 9.59 Å². The number of hydrogen-bond acceptors (Lipinski definition) is 6. The Morgan fingerprint density at radius 1 is 0.893 bits per heavy atom. The number of para-hydroxylation sites is 1. The van der Waals surface area contributed by atoms with Crippen LogP contribution >= 0.6 is 0 Å². The SMILES string of the molecule is Cc1ccc2oc(=O)cc(-c3cc4c(oc3=O)-c3ccccc3OC4O)c2c1. The van der Waals surface area contributed by atoms with E-state index in [1.165, 1.54) is 12.1 Å². The van der Waals surface area contributed by atoms with Gasteiger partial charge in [-0.2, -0.15) is 0 Å². The number of benzene rings is 2. The van der Waals surface area contributed by atoms with Crippen LogP contribution in [0.2, 0.25) is 0 Å². The van der Waals surface area contributed by atoms with Crippen molar-refractivity contribution in [2.45, 2.75) is 13.2 Å². The quantitative estimate of drug-likeness (QED) is 0.510. The van der Waals surface area contributed by atoms with Crippen molar-refractivity contribution < 1.29 is 18.7 Å². The van der Waals surface area contributed by atoms with Gasteiger partial charge in [0.2, 0.25) is 6.29 Å². The van der Waals surface area contributed by atoms with Gasteiger partial charge in [0.15, 0.2) is 5.76 Å². The molecule has 5 rings (SSSR count). The van der Waals surface area contributed by atoms with Crippen molar-refractivity contribution in [1.29, 1.82) is 0 Å². The van der Waals surface area contributed by atoms with Gasteiger partial charge in [0.05, 0.1) is 16.7 Å². The Labute approximate surface area is 158 Å². The molecule has 0 fully saturated rings. The topological polar surface area (TPSA) is 89.9 Å². The fraction of sp³-hybridized carbons (Fsp3) is 0.0909. The zero-order valence-electron chi connectivity index (χ0n) is 14.8. The predicted molar refractivity (Wildman–Crippen MR) is 102 cm³/mol.